The van der Waals surface area contributed by atoms with Gasteiger partial charge >= 0.3 is 0 Å². The lowest BCUT2D eigenvalue weighted by Gasteiger charge is -2.13. The molecule has 0 amide bonds. The molecule has 3 rings (SSSR count). The number of para-hydroxylation sites is 1. The maximum Gasteiger partial charge on any atom is 0.147 e. The number of hydrogen-bond acceptors (Lipinski definition) is 3. The Morgan fingerprint density at radius 1 is 1.48 bits per heavy atom. The maximum atomic E-state index is 6.12. The van der Waals surface area contributed by atoms with Crippen LogP contribution in [0.5, 0.6) is 5.75 Å². The highest BCUT2D eigenvalue weighted by Crippen LogP contribution is 2.31. The van der Waals surface area contributed by atoms with Crippen LogP contribution in [0.4, 0.5) is 0 Å². The fourth-order valence-electron chi connectivity index (χ4n) is 2.81. The molecule has 114 valence electrons. The maximum absolute atomic E-state index is 6.12. The van der Waals surface area contributed by atoms with Crippen LogP contribution in [0.3, 0.4) is 0 Å². The van der Waals surface area contributed by atoms with Gasteiger partial charge in [-0.05, 0) is 49.8 Å². The number of ether oxygens (including phenoxy) is 1. The van der Waals surface area contributed by atoms with E-state index in [1.807, 2.05) is 37.7 Å². The Hall–Kier alpha value is -0.870. The molecular formula is C16H21ClN2OS. The SMILES string of the molecule is CC(C)Oc1cccc2c1nc(CCl)n2CC1CCSC1. The number of rotatable bonds is 5. The minimum atomic E-state index is 0.145. The standard InChI is InChI=1S/C16H21ClN2OS/c1-11(2)20-14-5-3-4-13-16(14)18-15(8-17)19(13)9-12-6-7-21-10-12/h3-5,11-12H,6-10H2,1-2H3. The Balaban J connectivity index is 2.01. The molecule has 0 saturated carbocycles. The first-order valence-electron chi connectivity index (χ1n) is 7.47. The van der Waals surface area contributed by atoms with Crippen molar-refractivity contribution in [2.75, 3.05) is 11.5 Å². The molecule has 2 heterocycles. The highest BCUT2D eigenvalue weighted by Gasteiger charge is 2.20. The van der Waals surface area contributed by atoms with E-state index in [0.717, 1.165) is 35.1 Å². The van der Waals surface area contributed by atoms with Gasteiger partial charge in [-0.25, -0.2) is 4.98 Å². The predicted octanol–water partition coefficient (Wildman–Crippen LogP) is 4.32. The van der Waals surface area contributed by atoms with Crippen molar-refractivity contribution in [1.29, 1.82) is 0 Å². The van der Waals surface area contributed by atoms with Gasteiger partial charge in [-0.15, -0.1) is 11.6 Å². The molecule has 1 aliphatic heterocycles. The molecule has 0 aliphatic carbocycles. The molecule has 2 aromatic rings. The van der Waals surface area contributed by atoms with Crippen molar-refractivity contribution in [1.82, 2.24) is 9.55 Å². The van der Waals surface area contributed by atoms with Gasteiger partial charge in [0.1, 0.15) is 17.1 Å². The topological polar surface area (TPSA) is 27.1 Å². The molecule has 1 aromatic heterocycles. The highest BCUT2D eigenvalue weighted by atomic mass is 35.5. The van der Waals surface area contributed by atoms with Crippen LogP contribution in [0.15, 0.2) is 18.2 Å². The summed E-state index contributed by atoms with van der Waals surface area (Å²) in [6.07, 6.45) is 1.43. The van der Waals surface area contributed by atoms with Crippen molar-refractivity contribution < 1.29 is 4.74 Å². The van der Waals surface area contributed by atoms with Crippen molar-refractivity contribution in [3.05, 3.63) is 24.0 Å². The summed E-state index contributed by atoms with van der Waals surface area (Å²) in [4.78, 5) is 4.73. The molecule has 5 heteroatoms. The van der Waals surface area contributed by atoms with Crippen molar-refractivity contribution in [3.63, 3.8) is 0 Å². The fourth-order valence-corrected chi connectivity index (χ4v) is 4.29. The second kappa shape index (κ2) is 6.49. The van der Waals surface area contributed by atoms with Gasteiger partial charge in [0.05, 0.1) is 17.5 Å². The van der Waals surface area contributed by atoms with Crippen molar-refractivity contribution in [2.45, 2.75) is 38.8 Å². The number of aromatic nitrogens is 2. The smallest absolute Gasteiger partial charge is 0.147 e. The first-order chi connectivity index (χ1) is 10.2. The molecule has 21 heavy (non-hydrogen) atoms. The number of thioether (sulfide) groups is 1. The fraction of sp³-hybridized carbons (Fsp3) is 0.562. The van der Waals surface area contributed by atoms with Gasteiger partial charge in [0.15, 0.2) is 0 Å². The summed E-state index contributed by atoms with van der Waals surface area (Å²) in [5, 5.41) is 0. The summed E-state index contributed by atoms with van der Waals surface area (Å²) < 4.78 is 8.17. The lowest BCUT2D eigenvalue weighted by Crippen LogP contribution is -2.12. The third-order valence-electron chi connectivity index (χ3n) is 3.77. The molecule has 1 aliphatic rings. The Bertz CT molecular complexity index is 620. The van der Waals surface area contributed by atoms with E-state index in [-0.39, 0.29) is 6.10 Å². The third-order valence-corrected chi connectivity index (χ3v) is 5.24. The van der Waals surface area contributed by atoms with Crippen LogP contribution in [-0.4, -0.2) is 27.2 Å². The molecule has 0 bridgehead atoms. The second-order valence-electron chi connectivity index (χ2n) is 5.79. The van der Waals surface area contributed by atoms with Crippen LogP contribution in [0, 0.1) is 5.92 Å². The van der Waals surface area contributed by atoms with Gasteiger partial charge < -0.3 is 9.30 Å². The van der Waals surface area contributed by atoms with Crippen LogP contribution < -0.4 is 4.74 Å². The van der Waals surface area contributed by atoms with Crippen LogP contribution in [0.1, 0.15) is 26.1 Å². The average Bonchev–Trinajstić information content (AvgIpc) is 3.07. The Labute approximate surface area is 135 Å². The van der Waals surface area contributed by atoms with E-state index >= 15 is 0 Å². The Morgan fingerprint density at radius 3 is 3.00 bits per heavy atom. The zero-order chi connectivity index (χ0) is 14.8. The van der Waals surface area contributed by atoms with E-state index < -0.39 is 0 Å². The minimum Gasteiger partial charge on any atom is -0.489 e. The van der Waals surface area contributed by atoms with Gasteiger partial charge in [-0.3, -0.25) is 0 Å². The summed E-state index contributed by atoms with van der Waals surface area (Å²) >= 11 is 8.16. The lowest BCUT2D eigenvalue weighted by atomic mass is 10.1. The van der Waals surface area contributed by atoms with Crippen molar-refractivity contribution in [3.8, 4) is 5.75 Å². The minimum absolute atomic E-state index is 0.145. The molecule has 1 aromatic carbocycles. The van der Waals surface area contributed by atoms with E-state index in [1.54, 1.807) is 0 Å². The lowest BCUT2D eigenvalue weighted by molar-refractivity contribution is 0.245. The quantitative estimate of drug-likeness (QED) is 0.767. The molecule has 1 unspecified atom stereocenters. The predicted molar refractivity (Wildman–Crippen MR) is 90.5 cm³/mol. The van der Waals surface area contributed by atoms with Gasteiger partial charge in [0.2, 0.25) is 0 Å². The zero-order valence-electron chi connectivity index (χ0n) is 12.5. The Kier molecular flexibility index (Phi) is 4.65. The summed E-state index contributed by atoms with van der Waals surface area (Å²) in [6, 6.07) is 6.15. The number of fused-ring (bicyclic) bond motifs is 1. The van der Waals surface area contributed by atoms with E-state index in [1.165, 1.54) is 17.9 Å². The number of benzene rings is 1. The number of nitrogens with zero attached hydrogens (tertiary/aromatic N) is 2. The van der Waals surface area contributed by atoms with Gasteiger partial charge in [-0.2, -0.15) is 11.8 Å². The molecule has 3 nitrogen and oxygen atoms in total. The summed E-state index contributed by atoms with van der Waals surface area (Å²) in [7, 11) is 0. The van der Waals surface area contributed by atoms with Crippen LogP contribution in [-0.2, 0) is 12.4 Å². The molecule has 0 radical (unpaired) electrons. The third kappa shape index (κ3) is 3.16. The van der Waals surface area contributed by atoms with E-state index in [0.29, 0.717) is 5.88 Å². The Morgan fingerprint density at radius 2 is 2.33 bits per heavy atom. The van der Waals surface area contributed by atoms with E-state index in [4.69, 9.17) is 21.3 Å². The van der Waals surface area contributed by atoms with Crippen LogP contribution in [0.2, 0.25) is 0 Å². The normalized spacial score (nSPS) is 18.8. The summed E-state index contributed by atoms with van der Waals surface area (Å²) in [5.74, 6) is 5.48. The first kappa shape index (κ1) is 15.0. The highest BCUT2D eigenvalue weighted by molar-refractivity contribution is 7.99. The van der Waals surface area contributed by atoms with Crippen molar-refractivity contribution in [2.24, 2.45) is 5.92 Å². The molecule has 0 spiro atoms. The molecule has 1 atom stereocenters. The van der Waals surface area contributed by atoms with Gasteiger partial charge in [-0.1, -0.05) is 6.07 Å². The number of alkyl halides is 1. The van der Waals surface area contributed by atoms with Gasteiger partial charge in [0.25, 0.3) is 0 Å². The van der Waals surface area contributed by atoms with Gasteiger partial charge in [0, 0.05) is 6.54 Å². The first-order valence-corrected chi connectivity index (χ1v) is 9.16. The van der Waals surface area contributed by atoms with E-state index in [9.17, 15) is 0 Å². The second-order valence-corrected chi connectivity index (χ2v) is 7.21. The molecular weight excluding hydrogens is 304 g/mol. The van der Waals surface area contributed by atoms with Crippen molar-refractivity contribution >= 4 is 34.4 Å². The number of halogens is 1. The summed E-state index contributed by atoms with van der Waals surface area (Å²) in [6.45, 7) is 5.08. The van der Waals surface area contributed by atoms with Crippen LogP contribution in [0.25, 0.3) is 11.0 Å². The van der Waals surface area contributed by atoms with Crippen LogP contribution >= 0.6 is 23.4 Å². The van der Waals surface area contributed by atoms with E-state index in [2.05, 4.69) is 10.6 Å². The zero-order valence-corrected chi connectivity index (χ0v) is 14.1. The molecule has 0 N–H and O–H groups in total. The number of imidazole rings is 1. The summed E-state index contributed by atoms with van der Waals surface area (Å²) in [5.41, 5.74) is 2.08. The number of hydrogen-bond donors (Lipinski definition) is 0. The monoisotopic (exact) mass is 324 g/mol. The largest absolute Gasteiger partial charge is 0.489 e. The molecule has 1 saturated heterocycles. The average molecular weight is 325 g/mol. The molecule has 1 fully saturated rings.